The first kappa shape index (κ1) is 19.3. The van der Waals surface area contributed by atoms with E-state index in [1.165, 1.54) is 0 Å². The monoisotopic (exact) mass is 331 g/mol. The number of ether oxygens (including phenoxy) is 1. The Morgan fingerprint density at radius 1 is 1.30 bits per heavy atom. The second-order valence-electron chi connectivity index (χ2n) is 6.34. The Labute approximate surface area is 135 Å². The van der Waals surface area contributed by atoms with Gasteiger partial charge in [-0.05, 0) is 36.1 Å². The molecule has 1 aromatic rings. The molecule has 1 amide bonds. The van der Waals surface area contributed by atoms with Crippen LogP contribution in [-0.2, 0) is 16.6 Å². The summed E-state index contributed by atoms with van der Waals surface area (Å²) in [5, 5.41) is 0. The van der Waals surface area contributed by atoms with Crippen molar-refractivity contribution >= 4 is 5.91 Å². The summed E-state index contributed by atoms with van der Waals surface area (Å²) in [6.07, 6.45) is -4.42. The number of methoxy groups -OCH3 is 1. The number of fused-ring (bicyclic) bond motifs is 1. The number of hydrogen-bond acceptors (Lipinski definition) is 2. The molecule has 0 radical (unpaired) electrons. The topological polar surface area (TPSA) is 29.5 Å². The molecule has 3 nitrogen and oxygen atoms in total. The molecule has 0 atom stereocenters. The van der Waals surface area contributed by atoms with E-state index in [-0.39, 0.29) is 20.5 Å². The molecule has 0 unspecified atom stereocenters. The Morgan fingerprint density at radius 2 is 1.91 bits per heavy atom. The van der Waals surface area contributed by atoms with Crippen molar-refractivity contribution in [2.45, 2.75) is 46.2 Å². The van der Waals surface area contributed by atoms with E-state index in [0.29, 0.717) is 12.2 Å². The van der Waals surface area contributed by atoms with Gasteiger partial charge in [0.05, 0.1) is 7.11 Å². The van der Waals surface area contributed by atoms with Crippen LogP contribution in [0.25, 0.3) is 0 Å². The molecular weight excluding hydrogens is 307 g/mol. The highest BCUT2D eigenvalue weighted by molar-refractivity contribution is 5.82. The quantitative estimate of drug-likeness (QED) is 0.782. The summed E-state index contributed by atoms with van der Waals surface area (Å²) < 4.78 is 43.5. The molecule has 0 fully saturated rings. The summed E-state index contributed by atoms with van der Waals surface area (Å²) in [4.78, 5) is 12.5. The zero-order chi connectivity index (χ0) is 16.7. The van der Waals surface area contributed by atoms with E-state index in [2.05, 4.69) is 0 Å². The fourth-order valence-electron chi connectivity index (χ4n) is 3.05. The minimum Gasteiger partial charge on any atom is -0.496 e. The Balaban J connectivity index is 0.00000264. The number of amides is 1. The summed E-state index contributed by atoms with van der Waals surface area (Å²) in [6.45, 7) is 5.70. The lowest BCUT2D eigenvalue weighted by atomic mass is 9.81. The molecule has 0 saturated heterocycles. The zero-order valence-corrected chi connectivity index (χ0v) is 13.2. The van der Waals surface area contributed by atoms with E-state index < -0.39 is 17.5 Å². The van der Waals surface area contributed by atoms with Gasteiger partial charge in [0.15, 0.2) is 0 Å². The second-order valence-corrected chi connectivity index (χ2v) is 6.34. The maximum Gasteiger partial charge on any atom is 0.471 e. The van der Waals surface area contributed by atoms with Gasteiger partial charge in [0.1, 0.15) is 5.75 Å². The Kier molecular flexibility index (Phi) is 5.39. The molecule has 0 aromatic heterocycles. The molecule has 1 aliphatic rings. The van der Waals surface area contributed by atoms with Crippen molar-refractivity contribution in [2.75, 3.05) is 20.2 Å². The van der Waals surface area contributed by atoms with Crippen LogP contribution in [0, 0.1) is 6.92 Å². The number of benzene rings is 1. The van der Waals surface area contributed by atoms with E-state index in [1.54, 1.807) is 7.11 Å². The number of alkyl halides is 3. The van der Waals surface area contributed by atoms with Gasteiger partial charge in [-0.3, -0.25) is 4.79 Å². The van der Waals surface area contributed by atoms with Crippen molar-refractivity contribution in [2.24, 2.45) is 0 Å². The Bertz CT molecular complexity index is 594. The highest BCUT2D eigenvalue weighted by Gasteiger charge is 2.44. The van der Waals surface area contributed by atoms with Crippen molar-refractivity contribution in [3.8, 4) is 5.75 Å². The molecule has 1 aromatic carbocycles. The first-order valence-electron chi connectivity index (χ1n) is 7.10. The average Bonchev–Trinajstić information content (AvgIpc) is 2.52. The van der Waals surface area contributed by atoms with E-state index in [0.717, 1.165) is 21.6 Å². The third-order valence-corrected chi connectivity index (χ3v) is 4.12. The molecule has 1 heterocycles. The number of aryl methyl sites for hydroxylation is 1. The van der Waals surface area contributed by atoms with Gasteiger partial charge in [-0.2, -0.15) is 13.2 Å². The fourth-order valence-corrected chi connectivity index (χ4v) is 3.05. The zero-order valence-electron chi connectivity index (χ0n) is 13.2. The summed E-state index contributed by atoms with van der Waals surface area (Å²) >= 11 is 0. The van der Waals surface area contributed by atoms with Crippen molar-refractivity contribution in [1.82, 2.24) is 4.90 Å². The first-order valence-corrected chi connectivity index (χ1v) is 7.10. The van der Waals surface area contributed by atoms with Gasteiger partial charge in [-0.15, -0.1) is 0 Å². The minimum absolute atomic E-state index is 0. The Morgan fingerprint density at radius 3 is 2.43 bits per heavy atom. The molecule has 1 aliphatic heterocycles. The van der Waals surface area contributed by atoms with E-state index >= 15 is 0 Å². The third-order valence-electron chi connectivity index (χ3n) is 4.12. The Hall–Kier alpha value is -1.72. The molecule has 23 heavy (non-hydrogen) atoms. The molecule has 130 valence electrons. The van der Waals surface area contributed by atoms with E-state index in [1.807, 2.05) is 32.9 Å². The van der Waals surface area contributed by atoms with Gasteiger partial charge in [-0.1, -0.05) is 27.3 Å². The summed E-state index contributed by atoms with van der Waals surface area (Å²) in [5.41, 5.74) is 2.27. The van der Waals surface area contributed by atoms with Crippen molar-refractivity contribution in [1.29, 1.82) is 0 Å². The summed E-state index contributed by atoms with van der Waals surface area (Å²) in [7, 11) is 1.57. The largest absolute Gasteiger partial charge is 0.496 e. The van der Waals surface area contributed by atoms with Crippen LogP contribution in [0.1, 0.15) is 38.0 Å². The molecule has 0 N–H and O–H groups in total. The SMILES string of the molecule is C.COc1cc2c(cc1C)CCN(C(=O)C(F)(F)F)CC2(C)C. The van der Waals surface area contributed by atoms with Gasteiger partial charge in [-0.25, -0.2) is 0 Å². The van der Waals surface area contributed by atoms with Crippen LogP contribution in [0.4, 0.5) is 13.2 Å². The van der Waals surface area contributed by atoms with Gasteiger partial charge in [0.2, 0.25) is 0 Å². The molecule has 0 bridgehead atoms. The van der Waals surface area contributed by atoms with E-state index in [9.17, 15) is 18.0 Å². The number of halogens is 3. The van der Waals surface area contributed by atoms with Crippen LogP contribution in [0.2, 0.25) is 0 Å². The minimum atomic E-state index is -4.83. The van der Waals surface area contributed by atoms with Crippen LogP contribution >= 0.6 is 0 Å². The first-order chi connectivity index (χ1) is 10.1. The van der Waals surface area contributed by atoms with Crippen LogP contribution in [0.5, 0.6) is 5.75 Å². The molecule has 2 rings (SSSR count). The van der Waals surface area contributed by atoms with Gasteiger partial charge < -0.3 is 9.64 Å². The third kappa shape index (κ3) is 3.79. The summed E-state index contributed by atoms with van der Waals surface area (Å²) in [6, 6.07) is 3.82. The molecule has 0 saturated carbocycles. The van der Waals surface area contributed by atoms with Crippen LogP contribution in [-0.4, -0.2) is 37.2 Å². The highest BCUT2D eigenvalue weighted by atomic mass is 19.4. The fraction of sp³-hybridized carbons (Fsp3) is 0.588. The lowest BCUT2D eigenvalue weighted by molar-refractivity contribution is -0.186. The molecule has 0 spiro atoms. The molecule has 0 aliphatic carbocycles. The standard InChI is InChI=1S/C16H20F3NO2.CH4/c1-10-7-11-5-6-20(14(21)16(17,18)19)9-15(2,3)12(11)8-13(10)22-4;/h7-8H,5-6,9H2,1-4H3;1H4. The van der Waals surface area contributed by atoms with Crippen LogP contribution in [0.3, 0.4) is 0 Å². The van der Waals surface area contributed by atoms with Crippen molar-refractivity contribution in [3.05, 3.63) is 28.8 Å². The van der Waals surface area contributed by atoms with Crippen LogP contribution < -0.4 is 4.74 Å². The maximum absolute atomic E-state index is 12.7. The van der Waals surface area contributed by atoms with Gasteiger partial charge >= 0.3 is 12.1 Å². The molecular formula is C17H24F3NO2. The normalized spacial score (nSPS) is 16.9. The van der Waals surface area contributed by atoms with Crippen molar-refractivity contribution in [3.63, 3.8) is 0 Å². The lowest BCUT2D eigenvalue weighted by Gasteiger charge is -2.31. The predicted molar refractivity (Wildman–Crippen MR) is 83.8 cm³/mol. The van der Waals surface area contributed by atoms with Gasteiger partial charge in [0.25, 0.3) is 0 Å². The lowest BCUT2D eigenvalue weighted by Crippen LogP contribution is -2.46. The number of carbonyl (C=O) groups excluding carboxylic acids is 1. The van der Waals surface area contributed by atoms with E-state index in [4.69, 9.17) is 4.74 Å². The van der Waals surface area contributed by atoms with Crippen molar-refractivity contribution < 1.29 is 22.7 Å². The average molecular weight is 331 g/mol. The predicted octanol–water partition coefficient (Wildman–Crippen LogP) is 3.86. The van der Waals surface area contributed by atoms with Gasteiger partial charge in [0, 0.05) is 18.5 Å². The number of hydrogen-bond donors (Lipinski definition) is 0. The maximum atomic E-state index is 12.7. The number of rotatable bonds is 1. The summed E-state index contributed by atoms with van der Waals surface area (Å²) in [5.74, 6) is -1.06. The highest BCUT2D eigenvalue weighted by Crippen LogP contribution is 2.36. The number of nitrogens with zero attached hydrogens (tertiary/aromatic N) is 1. The second kappa shape index (κ2) is 6.42. The molecule has 6 heteroatoms. The number of carbonyl (C=O) groups is 1. The van der Waals surface area contributed by atoms with Crippen LogP contribution in [0.15, 0.2) is 12.1 Å². The smallest absolute Gasteiger partial charge is 0.471 e.